The molecule has 2 unspecified atom stereocenters. The van der Waals surface area contributed by atoms with Crippen LogP contribution in [0, 0.1) is 11.6 Å². The fourth-order valence-electron chi connectivity index (χ4n) is 5.47. The first-order valence-electron chi connectivity index (χ1n) is 13.8. The minimum absolute atomic E-state index is 0.0193. The number of aryl methyl sites for hydroxylation is 1. The molecular weight excluding hydrogens is 494 g/mol. The SMILES string of the molecule is CC(C)(C)c1cccc(C2(NCC(O)CCc3cc(F)cc(F)c3)CCCN(CC(=O)c3ccccc3)C2)c1. The first kappa shape index (κ1) is 29.1. The smallest absolute Gasteiger partial charge is 0.176 e. The largest absolute Gasteiger partial charge is 0.392 e. The van der Waals surface area contributed by atoms with Crippen molar-refractivity contribution < 1.29 is 18.7 Å². The first-order valence-corrected chi connectivity index (χ1v) is 13.8. The Labute approximate surface area is 231 Å². The van der Waals surface area contributed by atoms with Gasteiger partial charge < -0.3 is 10.4 Å². The topological polar surface area (TPSA) is 52.6 Å². The van der Waals surface area contributed by atoms with E-state index in [0.717, 1.165) is 31.0 Å². The number of Topliss-reactive ketones (excluding diaryl/α,β-unsaturated/α-hetero) is 1. The number of aliphatic hydroxyl groups excluding tert-OH is 1. The highest BCUT2D eigenvalue weighted by molar-refractivity contribution is 5.97. The monoisotopic (exact) mass is 534 g/mol. The van der Waals surface area contributed by atoms with E-state index in [1.165, 1.54) is 17.7 Å². The van der Waals surface area contributed by atoms with Gasteiger partial charge in [-0.15, -0.1) is 0 Å². The van der Waals surface area contributed by atoms with E-state index >= 15 is 0 Å². The molecule has 4 nitrogen and oxygen atoms in total. The van der Waals surface area contributed by atoms with Crippen molar-refractivity contribution >= 4 is 5.78 Å². The van der Waals surface area contributed by atoms with Gasteiger partial charge in [-0.1, -0.05) is 75.4 Å². The van der Waals surface area contributed by atoms with Crippen LogP contribution in [-0.4, -0.2) is 48.1 Å². The van der Waals surface area contributed by atoms with E-state index in [9.17, 15) is 18.7 Å². The van der Waals surface area contributed by atoms with Crippen molar-refractivity contribution in [3.05, 3.63) is 107 Å². The van der Waals surface area contributed by atoms with E-state index in [2.05, 4.69) is 55.3 Å². The Morgan fingerprint density at radius 2 is 1.74 bits per heavy atom. The number of benzene rings is 3. The summed E-state index contributed by atoms with van der Waals surface area (Å²) in [4.78, 5) is 15.2. The predicted molar refractivity (Wildman–Crippen MR) is 152 cm³/mol. The van der Waals surface area contributed by atoms with Crippen LogP contribution in [0.4, 0.5) is 8.78 Å². The molecule has 6 heteroatoms. The van der Waals surface area contributed by atoms with Crippen molar-refractivity contribution in [1.29, 1.82) is 0 Å². The average Bonchev–Trinajstić information content (AvgIpc) is 2.90. The lowest BCUT2D eigenvalue weighted by atomic mass is 9.78. The van der Waals surface area contributed by atoms with Gasteiger partial charge >= 0.3 is 0 Å². The number of carbonyl (C=O) groups excluding carboxylic acids is 1. The second-order valence-electron chi connectivity index (χ2n) is 11.9. The molecule has 0 aliphatic carbocycles. The van der Waals surface area contributed by atoms with Crippen LogP contribution in [0.1, 0.15) is 67.1 Å². The van der Waals surface area contributed by atoms with Crippen LogP contribution in [0.25, 0.3) is 0 Å². The third-order valence-corrected chi connectivity index (χ3v) is 7.68. The van der Waals surface area contributed by atoms with Crippen LogP contribution in [-0.2, 0) is 17.4 Å². The van der Waals surface area contributed by atoms with Crippen molar-refractivity contribution in [2.45, 2.75) is 63.5 Å². The highest BCUT2D eigenvalue weighted by atomic mass is 19.1. The highest BCUT2D eigenvalue weighted by Gasteiger charge is 2.38. The zero-order valence-corrected chi connectivity index (χ0v) is 23.2. The number of ketones is 1. The van der Waals surface area contributed by atoms with Gasteiger partial charge in [-0.25, -0.2) is 8.78 Å². The molecule has 2 N–H and O–H groups in total. The van der Waals surface area contributed by atoms with Gasteiger partial charge in [-0.05, 0) is 66.5 Å². The van der Waals surface area contributed by atoms with E-state index in [4.69, 9.17) is 0 Å². The normalized spacial score (nSPS) is 19.1. The Hall–Kier alpha value is -2.93. The summed E-state index contributed by atoms with van der Waals surface area (Å²) in [7, 11) is 0. The number of rotatable bonds is 10. The maximum absolute atomic E-state index is 13.6. The van der Waals surface area contributed by atoms with Crippen LogP contribution >= 0.6 is 0 Å². The molecule has 3 aromatic rings. The lowest BCUT2D eigenvalue weighted by Gasteiger charge is -2.44. The number of hydrogen-bond donors (Lipinski definition) is 2. The lowest BCUT2D eigenvalue weighted by Crippen LogP contribution is -2.56. The zero-order chi connectivity index (χ0) is 28.0. The number of nitrogens with one attached hydrogen (secondary N) is 1. The molecule has 0 aromatic heterocycles. The van der Waals surface area contributed by atoms with Crippen LogP contribution in [0.2, 0.25) is 0 Å². The fraction of sp³-hybridized carbons (Fsp3) is 0.424. The summed E-state index contributed by atoms with van der Waals surface area (Å²) in [6.07, 6.45) is 1.85. The van der Waals surface area contributed by atoms with Gasteiger partial charge in [-0.3, -0.25) is 9.69 Å². The Balaban J connectivity index is 1.51. The first-order chi connectivity index (χ1) is 18.5. The van der Waals surface area contributed by atoms with Gasteiger partial charge in [0.25, 0.3) is 0 Å². The molecule has 208 valence electrons. The molecule has 0 spiro atoms. The summed E-state index contributed by atoms with van der Waals surface area (Å²) in [6.45, 7) is 8.71. The molecule has 3 aromatic carbocycles. The fourth-order valence-corrected chi connectivity index (χ4v) is 5.47. The summed E-state index contributed by atoms with van der Waals surface area (Å²) in [5.74, 6) is -1.12. The maximum Gasteiger partial charge on any atom is 0.176 e. The molecule has 39 heavy (non-hydrogen) atoms. The van der Waals surface area contributed by atoms with Crippen molar-refractivity contribution in [1.82, 2.24) is 10.2 Å². The third kappa shape index (κ3) is 7.81. The van der Waals surface area contributed by atoms with Gasteiger partial charge in [0.05, 0.1) is 18.2 Å². The molecule has 1 aliphatic rings. The highest BCUT2D eigenvalue weighted by Crippen LogP contribution is 2.34. The van der Waals surface area contributed by atoms with Crippen molar-refractivity contribution in [2.75, 3.05) is 26.2 Å². The average molecular weight is 535 g/mol. The molecule has 1 saturated heterocycles. The molecule has 1 heterocycles. The quantitative estimate of drug-likeness (QED) is 0.313. The predicted octanol–water partition coefficient (Wildman–Crippen LogP) is 6.02. The van der Waals surface area contributed by atoms with E-state index in [0.29, 0.717) is 43.6 Å². The van der Waals surface area contributed by atoms with Crippen LogP contribution in [0.15, 0.2) is 72.8 Å². The number of nitrogens with zero attached hydrogens (tertiary/aromatic N) is 1. The van der Waals surface area contributed by atoms with E-state index in [1.807, 2.05) is 30.3 Å². The molecule has 1 aliphatic heterocycles. The summed E-state index contributed by atoms with van der Waals surface area (Å²) in [5, 5.41) is 14.5. The Morgan fingerprint density at radius 3 is 2.44 bits per heavy atom. The van der Waals surface area contributed by atoms with E-state index in [1.54, 1.807) is 0 Å². The van der Waals surface area contributed by atoms with Crippen molar-refractivity contribution in [3.63, 3.8) is 0 Å². The molecule has 4 rings (SSSR count). The summed E-state index contributed by atoms with van der Waals surface area (Å²) < 4.78 is 27.2. The molecular formula is C33H40F2N2O2. The summed E-state index contributed by atoms with van der Waals surface area (Å²) in [6, 6.07) is 21.5. The molecule has 0 saturated carbocycles. The zero-order valence-electron chi connectivity index (χ0n) is 23.2. The Morgan fingerprint density at radius 1 is 1.03 bits per heavy atom. The van der Waals surface area contributed by atoms with Gasteiger partial charge in [0.2, 0.25) is 0 Å². The summed E-state index contributed by atoms with van der Waals surface area (Å²) in [5.41, 5.74) is 3.15. The number of carbonyl (C=O) groups is 1. The Kier molecular flexibility index (Phi) is 9.31. The second kappa shape index (κ2) is 12.5. The van der Waals surface area contributed by atoms with Crippen LogP contribution in [0.3, 0.4) is 0 Å². The van der Waals surface area contributed by atoms with Gasteiger partial charge in [0.1, 0.15) is 11.6 Å². The third-order valence-electron chi connectivity index (χ3n) is 7.68. The number of likely N-dealkylation sites (tertiary alicyclic amines) is 1. The number of hydrogen-bond acceptors (Lipinski definition) is 4. The second-order valence-corrected chi connectivity index (χ2v) is 11.9. The van der Waals surface area contributed by atoms with Crippen molar-refractivity contribution in [3.8, 4) is 0 Å². The van der Waals surface area contributed by atoms with Crippen LogP contribution in [0.5, 0.6) is 0 Å². The van der Waals surface area contributed by atoms with E-state index in [-0.39, 0.29) is 11.2 Å². The minimum Gasteiger partial charge on any atom is -0.392 e. The minimum atomic E-state index is -0.694. The Bertz CT molecular complexity index is 1240. The van der Waals surface area contributed by atoms with Gasteiger partial charge in [0.15, 0.2) is 5.78 Å². The lowest BCUT2D eigenvalue weighted by molar-refractivity contribution is 0.0758. The maximum atomic E-state index is 13.6. The molecule has 0 radical (unpaired) electrons. The van der Waals surface area contributed by atoms with E-state index < -0.39 is 23.3 Å². The summed E-state index contributed by atoms with van der Waals surface area (Å²) >= 11 is 0. The number of piperidine rings is 1. The standard InChI is InChI=1S/C33H40F2N2O2/c1-32(2,3)26-11-7-12-27(19-26)33(36-21-30(38)14-13-24-17-28(34)20-29(35)18-24)15-8-16-37(23-33)22-31(39)25-9-5-4-6-10-25/h4-7,9-12,17-20,30,36,38H,8,13-16,21-23H2,1-3H3. The number of aliphatic hydroxyl groups is 1. The van der Waals surface area contributed by atoms with Crippen molar-refractivity contribution in [2.24, 2.45) is 0 Å². The molecule has 1 fully saturated rings. The number of halogens is 2. The molecule has 2 atom stereocenters. The van der Waals surface area contributed by atoms with Gasteiger partial charge in [-0.2, -0.15) is 0 Å². The molecule has 0 bridgehead atoms. The van der Waals surface area contributed by atoms with Gasteiger partial charge in [0, 0.05) is 24.7 Å². The molecule has 0 amide bonds. The van der Waals surface area contributed by atoms with Crippen LogP contribution < -0.4 is 5.32 Å².